The van der Waals surface area contributed by atoms with Crippen molar-refractivity contribution in [1.82, 2.24) is 4.90 Å². The van der Waals surface area contributed by atoms with E-state index in [1.807, 2.05) is 0 Å². The van der Waals surface area contributed by atoms with Crippen LogP contribution in [0.1, 0.15) is 12.5 Å². The Bertz CT molecular complexity index is 702. The topological polar surface area (TPSA) is 49.4 Å². The van der Waals surface area contributed by atoms with E-state index < -0.39 is 12.1 Å². The Kier molecular flexibility index (Phi) is 5.10. The molecule has 1 saturated heterocycles. The third-order valence-electron chi connectivity index (χ3n) is 2.89. The summed E-state index contributed by atoms with van der Waals surface area (Å²) in [5.74, 6) is -2.29. The zero-order valence-electron chi connectivity index (χ0n) is 11.8. The summed E-state index contributed by atoms with van der Waals surface area (Å²) in [6.07, 6.45) is -3.43. The molecule has 2 rings (SSSR count). The van der Waals surface area contributed by atoms with Gasteiger partial charge in [0.25, 0.3) is 5.91 Å². The second-order valence-corrected chi connectivity index (χ2v) is 6.18. The second kappa shape index (κ2) is 6.71. The number of amides is 2. The number of nitrogens with one attached hydrogen (secondary N) is 1. The predicted octanol–water partition coefficient (Wildman–Crippen LogP) is 3.41. The zero-order chi connectivity index (χ0) is 17.2. The molecule has 2 amide bonds. The van der Waals surface area contributed by atoms with Crippen molar-refractivity contribution in [1.29, 1.82) is 0 Å². The highest BCUT2D eigenvalue weighted by molar-refractivity contribution is 8.26. The van der Waals surface area contributed by atoms with E-state index in [0.717, 1.165) is 11.8 Å². The SMILES string of the molecule is CCN1C(=O)/C(=C\c2cccc(NC(=O)C(F)(F)F)c2)SC1=S. The lowest BCUT2D eigenvalue weighted by Gasteiger charge is -2.09. The van der Waals surface area contributed by atoms with E-state index in [-0.39, 0.29) is 11.6 Å². The number of hydrogen-bond acceptors (Lipinski definition) is 4. The highest BCUT2D eigenvalue weighted by Crippen LogP contribution is 2.32. The van der Waals surface area contributed by atoms with Crippen molar-refractivity contribution in [3.63, 3.8) is 0 Å². The number of benzene rings is 1. The van der Waals surface area contributed by atoms with Crippen LogP contribution in [0.25, 0.3) is 6.08 Å². The number of carbonyl (C=O) groups excluding carboxylic acids is 2. The average Bonchev–Trinajstić information content (AvgIpc) is 2.72. The Balaban J connectivity index is 2.21. The number of hydrogen-bond donors (Lipinski definition) is 1. The van der Waals surface area contributed by atoms with Crippen molar-refractivity contribution >= 4 is 51.9 Å². The Morgan fingerprint density at radius 3 is 2.70 bits per heavy atom. The first kappa shape index (κ1) is 17.5. The van der Waals surface area contributed by atoms with Crippen molar-refractivity contribution in [2.24, 2.45) is 0 Å². The minimum absolute atomic E-state index is 0.00737. The normalized spacial score (nSPS) is 17.0. The van der Waals surface area contributed by atoms with Gasteiger partial charge < -0.3 is 5.32 Å². The number of likely N-dealkylation sites (N-methyl/N-ethyl adjacent to an activating group) is 1. The lowest BCUT2D eigenvalue weighted by molar-refractivity contribution is -0.167. The van der Waals surface area contributed by atoms with Crippen LogP contribution in [-0.2, 0) is 9.59 Å². The maximum absolute atomic E-state index is 12.2. The van der Waals surface area contributed by atoms with Crippen LogP contribution >= 0.6 is 24.0 Å². The van der Waals surface area contributed by atoms with Gasteiger partial charge in [-0.15, -0.1) is 0 Å². The summed E-state index contributed by atoms with van der Waals surface area (Å²) in [4.78, 5) is 24.8. The van der Waals surface area contributed by atoms with Crippen LogP contribution in [0, 0.1) is 0 Å². The molecule has 23 heavy (non-hydrogen) atoms. The maximum Gasteiger partial charge on any atom is 0.471 e. The molecule has 0 aliphatic carbocycles. The number of halogens is 3. The van der Waals surface area contributed by atoms with Gasteiger partial charge in [0.1, 0.15) is 4.32 Å². The van der Waals surface area contributed by atoms with Crippen molar-refractivity contribution in [3.8, 4) is 0 Å². The molecule has 122 valence electrons. The van der Waals surface area contributed by atoms with Crippen LogP contribution in [-0.4, -0.2) is 33.8 Å². The number of thiocarbonyl (C=S) groups is 1. The average molecular weight is 360 g/mol. The molecule has 0 radical (unpaired) electrons. The molecule has 0 aromatic heterocycles. The van der Waals surface area contributed by atoms with E-state index in [9.17, 15) is 22.8 Å². The van der Waals surface area contributed by atoms with Gasteiger partial charge in [-0.1, -0.05) is 36.1 Å². The summed E-state index contributed by atoms with van der Waals surface area (Å²) < 4.78 is 37.2. The summed E-state index contributed by atoms with van der Waals surface area (Å²) >= 11 is 6.21. The van der Waals surface area contributed by atoms with Gasteiger partial charge in [-0.25, -0.2) is 0 Å². The third kappa shape index (κ3) is 4.11. The molecule has 0 atom stereocenters. The van der Waals surface area contributed by atoms with Gasteiger partial charge in [0, 0.05) is 12.2 Å². The zero-order valence-corrected chi connectivity index (χ0v) is 13.4. The van der Waals surface area contributed by atoms with Crippen molar-refractivity contribution in [2.75, 3.05) is 11.9 Å². The molecule has 1 fully saturated rings. The van der Waals surface area contributed by atoms with Crippen LogP contribution in [0.15, 0.2) is 29.2 Å². The van der Waals surface area contributed by atoms with Gasteiger partial charge in [0.2, 0.25) is 0 Å². The van der Waals surface area contributed by atoms with E-state index in [2.05, 4.69) is 0 Å². The van der Waals surface area contributed by atoms with Crippen LogP contribution in [0.5, 0.6) is 0 Å². The quantitative estimate of drug-likeness (QED) is 0.663. The number of nitrogens with zero attached hydrogens (tertiary/aromatic N) is 1. The number of thioether (sulfide) groups is 1. The third-order valence-corrected chi connectivity index (χ3v) is 4.27. The monoisotopic (exact) mass is 360 g/mol. The summed E-state index contributed by atoms with van der Waals surface area (Å²) in [6.45, 7) is 2.24. The Morgan fingerprint density at radius 1 is 1.43 bits per heavy atom. The number of alkyl halides is 3. The first-order chi connectivity index (χ1) is 10.7. The summed E-state index contributed by atoms with van der Waals surface area (Å²) in [7, 11) is 0. The molecular weight excluding hydrogens is 349 g/mol. The minimum atomic E-state index is -4.96. The fourth-order valence-electron chi connectivity index (χ4n) is 1.83. The second-order valence-electron chi connectivity index (χ2n) is 4.50. The Hall–Kier alpha value is -1.87. The number of rotatable bonds is 3. The molecule has 0 spiro atoms. The molecule has 0 saturated carbocycles. The predicted molar refractivity (Wildman–Crippen MR) is 86.7 cm³/mol. The molecule has 1 aliphatic rings. The number of anilines is 1. The van der Waals surface area contributed by atoms with Gasteiger partial charge in [-0.2, -0.15) is 13.2 Å². The fraction of sp³-hybridized carbons (Fsp3) is 0.214. The highest BCUT2D eigenvalue weighted by Gasteiger charge is 2.38. The molecule has 0 unspecified atom stereocenters. The van der Waals surface area contributed by atoms with E-state index in [1.54, 1.807) is 18.3 Å². The van der Waals surface area contributed by atoms with Crippen molar-refractivity contribution in [2.45, 2.75) is 13.1 Å². The first-order valence-electron chi connectivity index (χ1n) is 6.46. The van der Waals surface area contributed by atoms with Gasteiger partial charge in [-0.05, 0) is 30.7 Å². The molecule has 1 N–H and O–H groups in total. The number of carbonyl (C=O) groups is 2. The molecule has 1 aromatic rings. The molecule has 1 aromatic carbocycles. The summed E-state index contributed by atoms with van der Waals surface area (Å²) in [5.41, 5.74) is 0.480. The lowest BCUT2D eigenvalue weighted by Crippen LogP contribution is -2.29. The molecule has 1 aliphatic heterocycles. The molecule has 4 nitrogen and oxygen atoms in total. The van der Waals surface area contributed by atoms with Crippen LogP contribution in [0.4, 0.5) is 18.9 Å². The largest absolute Gasteiger partial charge is 0.471 e. The van der Waals surface area contributed by atoms with Crippen molar-refractivity contribution < 1.29 is 22.8 Å². The van der Waals surface area contributed by atoms with Crippen LogP contribution < -0.4 is 5.32 Å². The lowest BCUT2D eigenvalue weighted by atomic mass is 10.2. The molecule has 1 heterocycles. The molecule has 0 bridgehead atoms. The van der Waals surface area contributed by atoms with E-state index in [0.29, 0.717) is 21.3 Å². The van der Waals surface area contributed by atoms with Crippen LogP contribution in [0.2, 0.25) is 0 Å². The van der Waals surface area contributed by atoms with Gasteiger partial charge in [0.15, 0.2) is 0 Å². The Morgan fingerprint density at radius 2 is 2.13 bits per heavy atom. The van der Waals surface area contributed by atoms with E-state index in [1.165, 1.54) is 29.2 Å². The molecule has 9 heteroatoms. The first-order valence-corrected chi connectivity index (χ1v) is 7.68. The van der Waals surface area contributed by atoms with Crippen molar-refractivity contribution in [3.05, 3.63) is 34.7 Å². The standard InChI is InChI=1S/C14H11F3N2O2S2/c1-2-19-11(20)10(23-13(19)22)7-8-4-3-5-9(6-8)18-12(21)14(15,16)17/h3-7H,2H2,1H3,(H,18,21)/b10-7+. The smallest absolute Gasteiger partial charge is 0.318 e. The Labute approximate surface area is 139 Å². The summed E-state index contributed by atoms with van der Waals surface area (Å²) in [5, 5.41) is 1.77. The van der Waals surface area contributed by atoms with E-state index >= 15 is 0 Å². The maximum atomic E-state index is 12.2. The van der Waals surface area contributed by atoms with Crippen LogP contribution in [0.3, 0.4) is 0 Å². The summed E-state index contributed by atoms with van der Waals surface area (Å²) in [6, 6.07) is 5.78. The van der Waals surface area contributed by atoms with Gasteiger partial charge in [0.05, 0.1) is 4.91 Å². The van der Waals surface area contributed by atoms with Gasteiger partial charge >= 0.3 is 12.1 Å². The van der Waals surface area contributed by atoms with E-state index in [4.69, 9.17) is 12.2 Å². The molecular formula is C14H11F3N2O2S2. The highest BCUT2D eigenvalue weighted by atomic mass is 32.2. The van der Waals surface area contributed by atoms with Gasteiger partial charge in [-0.3, -0.25) is 14.5 Å². The minimum Gasteiger partial charge on any atom is -0.318 e. The fourth-order valence-corrected chi connectivity index (χ4v) is 3.22.